The Morgan fingerprint density at radius 2 is 1.55 bits per heavy atom. The van der Waals surface area contributed by atoms with Crippen LogP contribution in [-0.4, -0.2) is 12.0 Å². The van der Waals surface area contributed by atoms with Gasteiger partial charge in [0.05, 0.1) is 0 Å². The molecule has 0 aliphatic heterocycles. The van der Waals surface area contributed by atoms with Crippen molar-refractivity contribution in [1.29, 1.82) is 0 Å². The van der Waals surface area contributed by atoms with Gasteiger partial charge in [0.1, 0.15) is 6.04 Å². The van der Waals surface area contributed by atoms with Gasteiger partial charge in [-0.15, -0.1) is 0 Å². The molecule has 2 atom stereocenters. The second-order valence-electron chi connectivity index (χ2n) is 7.92. The smallest absolute Gasteiger partial charge is 0.324 e. The number of hydrogen-bond donors (Lipinski definition) is 1. The van der Waals surface area contributed by atoms with Crippen LogP contribution in [-0.2, 0) is 15.1 Å². The molecule has 0 radical (unpaired) electrons. The van der Waals surface area contributed by atoms with Crippen molar-refractivity contribution in [2.45, 2.75) is 51.2 Å². The average molecular weight is 436 g/mol. The summed E-state index contributed by atoms with van der Waals surface area (Å²) in [5.74, 6) is -0.430. The minimum absolute atomic E-state index is 0.430. The number of esters is 1. The van der Waals surface area contributed by atoms with Gasteiger partial charge in [0.25, 0.3) is 0 Å². The Kier molecular flexibility index (Phi) is 7.89. The molecule has 162 valence electrons. The molecule has 0 heterocycles. The molecular weight excluding hydrogens is 406 g/mol. The lowest BCUT2D eigenvalue weighted by molar-refractivity contribution is -0.155. The minimum Gasteiger partial charge on any atom is -0.443 e. The van der Waals surface area contributed by atoms with E-state index >= 15 is 0 Å². The summed E-state index contributed by atoms with van der Waals surface area (Å²) in [6, 6.07) is 24.5. The van der Waals surface area contributed by atoms with E-state index < -0.39 is 17.6 Å². The molecule has 0 fully saturated rings. The maximum absolute atomic E-state index is 13.3. The molecule has 1 unspecified atom stereocenters. The normalized spacial score (nSPS) is 13.9. The van der Waals surface area contributed by atoms with Crippen molar-refractivity contribution in [1.82, 2.24) is 0 Å². The number of hydrogen-bond acceptors (Lipinski definition) is 3. The molecule has 0 spiro atoms. The lowest BCUT2D eigenvalue weighted by atomic mass is 9.79. The molecule has 0 aliphatic rings. The second-order valence-corrected chi connectivity index (χ2v) is 8.32. The number of benzene rings is 3. The van der Waals surface area contributed by atoms with Crippen LogP contribution in [0.2, 0.25) is 5.02 Å². The van der Waals surface area contributed by atoms with Crippen LogP contribution in [0.3, 0.4) is 0 Å². The first-order valence-electron chi connectivity index (χ1n) is 10.8. The highest BCUT2D eigenvalue weighted by Crippen LogP contribution is 2.43. The second kappa shape index (κ2) is 10.6. The zero-order chi connectivity index (χ0) is 22.3. The van der Waals surface area contributed by atoms with Gasteiger partial charge in [-0.3, -0.25) is 4.79 Å². The van der Waals surface area contributed by atoms with Crippen molar-refractivity contribution in [2.24, 2.45) is 5.73 Å². The summed E-state index contributed by atoms with van der Waals surface area (Å²) >= 11 is 6.68. The highest BCUT2D eigenvalue weighted by atomic mass is 35.5. The number of carbonyl (C=O) groups excluding carboxylic acids is 1. The van der Waals surface area contributed by atoms with Crippen LogP contribution in [0, 0.1) is 6.92 Å². The van der Waals surface area contributed by atoms with E-state index in [1.54, 1.807) is 0 Å². The maximum Gasteiger partial charge on any atom is 0.324 e. The number of rotatable bonds is 9. The zero-order valence-corrected chi connectivity index (χ0v) is 18.9. The summed E-state index contributed by atoms with van der Waals surface area (Å²) < 4.78 is 6.36. The van der Waals surface area contributed by atoms with Crippen molar-refractivity contribution in [3.05, 3.63) is 106 Å². The Labute approximate surface area is 190 Å². The highest BCUT2D eigenvalue weighted by molar-refractivity contribution is 6.31. The van der Waals surface area contributed by atoms with E-state index in [1.165, 1.54) is 0 Å². The van der Waals surface area contributed by atoms with E-state index in [0.717, 1.165) is 36.0 Å². The van der Waals surface area contributed by atoms with Crippen LogP contribution in [0.15, 0.2) is 78.9 Å². The van der Waals surface area contributed by atoms with E-state index in [9.17, 15) is 4.79 Å². The Morgan fingerprint density at radius 3 is 2.19 bits per heavy atom. The number of nitrogens with two attached hydrogens (primary N) is 1. The van der Waals surface area contributed by atoms with Gasteiger partial charge in [0, 0.05) is 21.7 Å². The molecule has 0 saturated heterocycles. The standard InChI is InChI=1S/C27H30ClNO2/c1-3-4-6-15-25(29)26(30)31-27(21-11-7-5-8-12-21,22-18-16-20(2)17-19-22)23-13-9-10-14-24(23)28/h5,7-14,16-19,25H,3-4,6,15,29H2,1-2H3/t25-,27?/m1/s1. The summed E-state index contributed by atoms with van der Waals surface area (Å²) in [6.07, 6.45) is 3.59. The summed E-state index contributed by atoms with van der Waals surface area (Å²) in [4.78, 5) is 13.3. The topological polar surface area (TPSA) is 52.3 Å². The molecule has 31 heavy (non-hydrogen) atoms. The third-order valence-corrected chi connectivity index (χ3v) is 5.90. The largest absolute Gasteiger partial charge is 0.443 e. The molecule has 3 rings (SSSR count). The Hall–Kier alpha value is -2.62. The van der Waals surface area contributed by atoms with Gasteiger partial charge < -0.3 is 10.5 Å². The van der Waals surface area contributed by atoms with Gasteiger partial charge in [-0.2, -0.15) is 0 Å². The number of unbranched alkanes of at least 4 members (excludes halogenated alkanes) is 2. The number of aryl methyl sites for hydroxylation is 1. The Bertz CT molecular complexity index is 988. The van der Waals surface area contributed by atoms with Crippen LogP contribution < -0.4 is 5.73 Å². The monoisotopic (exact) mass is 435 g/mol. The number of halogens is 1. The third-order valence-electron chi connectivity index (χ3n) is 5.57. The van der Waals surface area contributed by atoms with Gasteiger partial charge in [0.15, 0.2) is 5.60 Å². The fraction of sp³-hybridized carbons (Fsp3) is 0.296. The Balaban J connectivity index is 2.17. The molecule has 0 bridgehead atoms. The van der Waals surface area contributed by atoms with Gasteiger partial charge in [-0.05, 0) is 19.4 Å². The van der Waals surface area contributed by atoms with Gasteiger partial charge in [0.2, 0.25) is 0 Å². The lowest BCUT2D eigenvalue weighted by Crippen LogP contribution is -2.42. The van der Waals surface area contributed by atoms with E-state index in [-0.39, 0.29) is 0 Å². The molecule has 0 amide bonds. The summed E-state index contributed by atoms with van der Waals surface area (Å²) in [7, 11) is 0. The first-order chi connectivity index (χ1) is 15.0. The summed E-state index contributed by atoms with van der Waals surface area (Å²) in [5.41, 5.74) is 8.53. The van der Waals surface area contributed by atoms with E-state index in [4.69, 9.17) is 22.1 Å². The van der Waals surface area contributed by atoms with Crippen molar-refractivity contribution in [2.75, 3.05) is 0 Å². The molecule has 0 aliphatic carbocycles. The van der Waals surface area contributed by atoms with E-state index in [0.29, 0.717) is 17.0 Å². The molecule has 3 nitrogen and oxygen atoms in total. The first kappa shape index (κ1) is 23.1. The van der Waals surface area contributed by atoms with Crippen molar-refractivity contribution in [3.63, 3.8) is 0 Å². The van der Waals surface area contributed by atoms with Crippen molar-refractivity contribution in [3.8, 4) is 0 Å². The molecular formula is C27H30ClNO2. The summed E-state index contributed by atoms with van der Waals surface area (Å²) in [5, 5.41) is 0.527. The lowest BCUT2D eigenvalue weighted by Gasteiger charge is -2.36. The van der Waals surface area contributed by atoms with E-state index in [1.807, 2.05) is 85.8 Å². The van der Waals surface area contributed by atoms with Crippen LogP contribution >= 0.6 is 11.6 Å². The SMILES string of the molecule is CCCCC[C@@H](N)C(=O)OC(c1ccccc1)(c1ccc(C)cc1)c1ccccc1Cl. The average Bonchev–Trinajstić information content (AvgIpc) is 2.79. The molecule has 3 aromatic carbocycles. The maximum atomic E-state index is 13.3. The minimum atomic E-state index is -1.20. The molecule has 4 heteroatoms. The van der Waals surface area contributed by atoms with E-state index in [2.05, 4.69) is 6.92 Å². The third kappa shape index (κ3) is 5.17. The Morgan fingerprint density at radius 1 is 0.935 bits per heavy atom. The first-order valence-corrected chi connectivity index (χ1v) is 11.2. The van der Waals surface area contributed by atoms with Crippen LogP contribution in [0.5, 0.6) is 0 Å². The van der Waals surface area contributed by atoms with Gasteiger partial charge in [-0.1, -0.05) is 116 Å². The van der Waals surface area contributed by atoms with Crippen LogP contribution in [0.1, 0.15) is 54.9 Å². The van der Waals surface area contributed by atoms with Crippen molar-refractivity contribution >= 4 is 17.6 Å². The van der Waals surface area contributed by atoms with Crippen LogP contribution in [0.25, 0.3) is 0 Å². The quantitative estimate of drug-likeness (QED) is 0.240. The predicted octanol–water partition coefficient (Wildman–Crippen LogP) is 6.39. The summed E-state index contributed by atoms with van der Waals surface area (Å²) in [6.45, 7) is 4.15. The fourth-order valence-electron chi connectivity index (χ4n) is 3.82. The molecule has 0 saturated carbocycles. The zero-order valence-electron chi connectivity index (χ0n) is 18.2. The van der Waals surface area contributed by atoms with Crippen LogP contribution in [0.4, 0.5) is 0 Å². The molecule has 3 aromatic rings. The molecule has 0 aromatic heterocycles. The fourth-order valence-corrected chi connectivity index (χ4v) is 4.09. The predicted molar refractivity (Wildman–Crippen MR) is 127 cm³/mol. The van der Waals surface area contributed by atoms with Crippen molar-refractivity contribution < 1.29 is 9.53 Å². The number of ether oxygens (including phenoxy) is 1. The van der Waals surface area contributed by atoms with Gasteiger partial charge in [-0.25, -0.2) is 0 Å². The molecule has 2 N–H and O–H groups in total. The highest BCUT2D eigenvalue weighted by Gasteiger charge is 2.42. The number of carbonyl (C=O) groups is 1. The van der Waals surface area contributed by atoms with Gasteiger partial charge >= 0.3 is 5.97 Å².